The van der Waals surface area contributed by atoms with Gasteiger partial charge >= 0.3 is 0 Å². The van der Waals surface area contributed by atoms with Crippen LogP contribution in [0.15, 0.2) is 42.5 Å². The van der Waals surface area contributed by atoms with Crippen molar-refractivity contribution in [3.05, 3.63) is 53.6 Å². The molecule has 30 heavy (non-hydrogen) atoms. The molecule has 2 aromatic carbocycles. The van der Waals surface area contributed by atoms with Gasteiger partial charge in [-0.25, -0.2) is 0 Å². The van der Waals surface area contributed by atoms with Crippen molar-refractivity contribution in [2.45, 2.75) is 32.7 Å². The zero-order valence-electron chi connectivity index (χ0n) is 17.8. The van der Waals surface area contributed by atoms with Gasteiger partial charge in [0.05, 0.1) is 0 Å². The van der Waals surface area contributed by atoms with Crippen LogP contribution in [-0.4, -0.2) is 55.3 Å². The number of piperazine rings is 1. The molecular formula is C24H30N2O4. The van der Waals surface area contributed by atoms with Crippen molar-refractivity contribution in [3.63, 3.8) is 0 Å². The summed E-state index contributed by atoms with van der Waals surface area (Å²) >= 11 is 0. The van der Waals surface area contributed by atoms with E-state index in [-0.39, 0.29) is 12.5 Å². The van der Waals surface area contributed by atoms with Crippen LogP contribution in [0.5, 0.6) is 17.2 Å². The van der Waals surface area contributed by atoms with Gasteiger partial charge in [-0.15, -0.1) is 0 Å². The summed E-state index contributed by atoms with van der Waals surface area (Å²) in [5.41, 5.74) is 2.37. The first kappa shape index (κ1) is 20.5. The van der Waals surface area contributed by atoms with E-state index in [1.807, 2.05) is 35.2 Å². The molecule has 1 atom stereocenters. The second-order valence-corrected chi connectivity index (χ2v) is 7.98. The van der Waals surface area contributed by atoms with Crippen LogP contribution in [0.2, 0.25) is 0 Å². The predicted molar refractivity (Wildman–Crippen MR) is 115 cm³/mol. The van der Waals surface area contributed by atoms with Gasteiger partial charge in [-0.1, -0.05) is 38.1 Å². The van der Waals surface area contributed by atoms with Gasteiger partial charge < -0.3 is 19.1 Å². The molecule has 2 aromatic rings. The summed E-state index contributed by atoms with van der Waals surface area (Å²) in [6, 6.07) is 14.1. The Hall–Kier alpha value is -2.73. The van der Waals surface area contributed by atoms with Gasteiger partial charge in [0.2, 0.25) is 6.79 Å². The number of benzene rings is 2. The molecule has 1 saturated heterocycles. The monoisotopic (exact) mass is 410 g/mol. The Morgan fingerprint density at radius 3 is 2.63 bits per heavy atom. The van der Waals surface area contributed by atoms with Gasteiger partial charge in [0.1, 0.15) is 5.75 Å². The zero-order valence-corrected chi connectivity index (χ0v) is 17.8. The lowest BCUT2D eigenvalue weighted by molar-refractivity contribution is -0.135. The zero-order chi connectivity index (χ0) is 20.9. The highest BCUT2D eigenvalue weighted by atomic mass is 16.7. The van der Waals surface area contributed by atoms with Crippen LogP contribution in [0.3, 0.4) is 0 Å². The number of carbonyl (C=O) groups excluding carboxylic acids is 1. The molecule has 4 rings (SSSR count). The lowest BCUT2D eigenvalue weighted by Crippen LogP contribution is -2.49. The number of nitrogens with zero attached hydrogens (tertiary/aromatic N) is 2. The maximum absolute atomic E-state index is 12.7. The number of rotatable bonds is 7. The van der Waals surface area contributed by atoms with Gasteiger partial charge in [-0.2, -0.15) is 0 Å². The molecule has 0 aromatic heterocycles. The molecule has 0 N–H and O–H groups in total. The highest BCUT2D eigenvalue weighted by Gasteiger charge is 2.23. The molecule has 2 aliphatic heterocycles. The van der Waals surface area contributed by atoms with Crippen LogP contribution < -0.4 is 14.2 Å². The first-order valence-corrected chi connectivity index (χ1v) is 10.7. The predicted octanol–water partition coefficient (Wildman–Crippen LogP) is 3.65. The molecule has 2 heterocycles. The van der Waals surface area contributed by atoms with Crippen LogP contribution in [-0.2, 0) is 11.3 Å². The number of amides is 1. The molecule has 1 fully saturated rings. The molecule has 2 aliphatic rings. The van der Waals surface area contributed by atoms with Crippen LogP contribution in [0.25, 0.3) is 0 Å². The second-order valence-electron chi connectivity index (χ2n) is 7.98. The number of hydrogen-bond donors (Lipinski definition) is 0. The summed E-state index contributed by atoms with van der Waals surface area (Å²) in [5, 5.41) is 0. The fourth-order valence-electron chi connectivity index (χ4n) is 3.92. The van der Waals surface area contributed by atoms with Crippen LogP contribution in [0.4, 0.5) is 0 Å². The van der Waals surface area contributed by atoms with E-state index in [0.717, 1.165) is 56.4 Å². The average Bonchev–Trinajstić information content (AvgIpc) is 3.25. The smallest absolute Gasteiger partial charge is 0.260 e. The van der Waals surface area contributed by atoms with E-state index in [1.54, 1.807) is 0 Å². The molecule has 6 heteroatoms. The highest BCUT2D eigenvalue weighted by molar-refractivity contribution is 5.78. The van der Waals surface area contributed by atoms with E-state index < -0.39 is 0 Å². The van der Waals surface area contributed by atoms with Crippen molar-refractivity contribution in [2.75, 3.05) is 39.6 Å². The second kappa shape index (κ2) is 9.39. The number of fused-ring (bicyclic) bond motifs is 1. The Labute approximate surface area is 178 Å². The summed E-state index contributed by atoms with van der Waals surface area (Å²) < 4.78 is 16.7. The van der Waals surface area contributed by atoms with Crippen LogP contribution >= 0.6 is 0 Å². The lowest BCUT2D eigenvalue weighted by Gasteiger charge is -2.34. The molecule has 0 spiro atoms. The Morgan fingerprint density at radius 1 is 1.07 bits per heavy atom. The van der Waals surface area contributed by atoms with Gasteiger partial charge in [0.15, 0.2) is 18.1 Å². The van der Waals surface area contributed by atoms with E-state index in [9.17, 15) is 4.79 Å². The summed E-state index contributed by atoms with van der Waals surface area (Å²) in [4.78, 5) is 16.9. The minimum absolute atomic E-state index is 0.0525. The maximum atomic E-state index is 12.7. The number of para-hydroxylation sites is 1. The van der Waals surface area contributed by atoms with Gasteiger partial charge in [0, 0.05) is 32.7 Å². The largest absolute Gasteiger partial charge is 0.483 e. The Morgan fingerprint density at radius 2 is 1.83 bits per heavy atom. The third-order valence-corrected chi connectivity index (χ3v) is 5.98. The van der Waals surface area contributed by atoms with Crippen molar-refractivity contribution in [3.8, 4) is 17.2 Å². The van der Waals surface area contributed by atoms with Crippen molar-refractivity contribution in [1.29, 1.82) is 0 Å². The van der Waals surface area contributed by atoms with E-state index >= 15 is 0 Å². The molecule has 0 bridgehead atoms. The van der Waals surface area contributed by atoms with Crippen molar-refractivity contribution >= 4 is 5.91 Å². The van der Waals surface area contributed by atoms with E-state index in [4.69, 9.17) is 14.2 Å². The van der Waals surface area contributed by atoms with Gasteiger partial charge in [0.25, 0.3) is 5.91 Å². The Kier molecular flexibility index (Phi) is 6.43. The van der Waals surface area contributed by atoms with Gasteiger partial charge in [-0.3, -0.25) is 9.69 Å². The fraction of sp³-hybridized carbons (Fsp3) is 0.458. The maximum Gasteiger partial charge on any atom is 0.260 e. The van der Waals surface area contributed by atoms with E-state index in [2.05, 4.69) is 30.9 Å². The molecule has 0 saturated carbocycles. The van der Waals surface area contributed by atoms with Crippen LogP contribution in [0.1, 0.15) is 37.3 Å². The average molecular weight is 411 g/mol. The van der Waals surface area contributed by atoms with Crippen molar-refractivity contribution < 1.29 is 19.0 Å². The normalized spacial score (nSPS) is 17.1. The third-order valence-electron chi connectivity index (χ3n) is 5.98. The summed E-state index contributed by atoms with van der Waals surface area (Å²) in [5.74, 6) is 2.91. The van der Waals surface area contributed by atoms with E-state index in [0.29, 0.717) is 12.7 Å². The molecule has 160 valence electrons. The molecule has 0 radical (unpaired) electrons. The summed E-state index contributed by atoms with van der Waals surface area (Å²) in [7, 11) is 0. The SMILES string of the molecule is CCC(C)c1ccccc1OCC(=O)N1CCN(Cc2ccc3c(c2)OCO3)CC1. The number of hydrogen-bond acceptors (Lipinski definition) is 5. The van der Waals surface area contributed by atoms with Gasteiger partial charge in [-0.05, 0) is 41.7 Å². The fourth-order valence-corrected chi connectivity index (χ4v) is 3.92. The van der Waals surface area contributed by atoms with Crippen LogP contribution in [0, 0.1) is 0 Å². The summed E-state index contributed by atoms with van der Waals surface area (Å²) in [6.07, 6.45) is 1.04. The number of ether oxygens (including phenoxy) is 3. The molecular weight excluding hydrogens is 380 g/mol. The Balaban J connectivity index is 1.26. The minimum atomic E-state index is 0.0525. The first-order chi connectivity index (χ1) is 14.6. The topological polar surface area (TPSA) is 51.2 Å². The molecule has 0 aliphatic carbocycles. The lowest BCUT2D eigenvalue weighted by atomic mass is 9.98. The van der Waals surface area contributed by atoms with Crippen molar-refractivity contribution in [1.82, 2.24) is 9.80 Å². The van der Waals surface area contributed by atoms with E-state index in [1.165, 1.54) is 11.1 Å². The van der Waals surface area contributed by atoms with Crippen molar-refractivity contribution in [2.24, 2.45) is 0 Å². The number of carbonyl (C=O) groups is 1. The first-order valence-electron chi connectivity index (χ1n) is 10.7. The third kappa shape index (κ3) is 4.70. The minimum Gasteiger partial charge on any atom is -0.483 e. The quantitative estimate of drug-likeness (QED) is 0.697. The molecule has 6 nitrogen and oxygen atoms in total. The highest BCUT2D eigenvalue weighted by Crippen LogP contribution is 2.33. The Bertz CT molecular complexity index is 877. The summed E-state index contributed by atoms with van der Waals surface area (Å²) in [6.45, 7) is 8.72. The molecule has 1 unspecified atom stereocenters. The molecule has 1 amide bonds. The standard InChI is InChI=1S/C24H30N2O4/c1-3-18(2)20-6-4-5-7-21(20)28-16-24(27)26-12-10-25(11-13-26)15-19-8-9-22-23(14-19)30-17-29-22/h4-9,14,18H,3,10-13,15-17H2,1-2H3.